The van der Waals surface area contributed by atoms with Crippen LogP contribution in [0, 0.1) is 12.8 Å². The molecule has 0 spiro atoms. The first-order valence-corrected chi connectivity index (χ1v) is 7.88. The molecule has 0 bridgehead atoms. The minimum atomic E-state index is -0.382. The van der Waals surface area contributed by atoms with Gasteiger partial charge in [-0.2, -0.15) is 5.10 Å². The largest absolute Gasteiger partial charge is 0.312 e. The van der Waals surface area contributed by atoms with E-state index < -0.39 is 0 Å². The first-order chi connectivity index (χ1) is 11.6. The summed E-state index contributed by atoms with van der Waals surface area (Å²) in [5.41, 5.74) is 5.43. The van der Waals surface area contributed by atoms with E-state index in [4.69, 9.17) is 0 Å². The molecule has 1 unspecified atom stereocenters. The van der Waals surface area contributed by atoms with Crippen LogP contribution >= 0.6 is 0 Å². The van der Waals surface area contributed by atoms with Gasteiger partial charge in [0.1, 0.15) is 0 Å². The molecule has 2 aromatic rings. The van der Waals surface area contributed by atoms with Gasteiger partial charge in [-0.25, -0.2) is 5.43 Å². The summed E-state index contributed by atoms with van der Waals surface area (Å²) in [6, 6.07) is 17.2. The number of carbonyl (C=O) groups is 2. The van der Waals surface area contributed by atoms with Gasteiger partial charge in [0.15, 0.2) is 0 Å². The maximum atomic E-state index is 12.2. The van der Waals surface area contributed by atoms with E-state index >= 15 is 0 Å². The molecule has 0 radical (unpaired) electrons. The smallest absolute Gasteiger partial charge is 0.245 e. The van der Waals surface area contributed by atoms with Gasteiger partial charge in [-0.05, 0) is 24.6 Å². The number of nitrogens with one attached hydrogen (secondary N) is 1. The summed E-state index contributed by atoms with van der Waals surface area (Å²) in [6.45, 7) is 2.40. The fraction of sp³-hybridized carbons (Fsp3) is 0.211. The Morgan fingerprint density at radius 3 is 2.58 bits per heavy atom. The van der Waals surface area contributed by atoms with E-state index in [9.17, 15) is 9.59 Å². The van der Waals surface area contributed by atoms with Gasteiger partial charge in [0, 0.05) is 18.7 Å². The molecule has 1 aliphatic heterocycles. The Balaban J connectivity index is 1.58. The molecule has 0 aliphatic carbocycles. The Bertz CT molecular complexity index is 754. The Morgan fingerprint density at radius 1 is 1.17 bits per heavy atom. The number of para-hydroxylation sites is 1. The van der Waals surface area contributed by atoms with Crippen LogP contribution in [0.2, 0.25) is 0 Å². The third-order valence-corrected chi connectivity index (χ3v) is 4.03. The van der Waals surface area contributed by atoms with Crippen LogP contribution in [0.5, 0.6) is 0 Å². The molecule has 2 aromatic carbocycles. The highest BCUT2D eigenvalue weighted by Gasteiger charge is 2.34. The normalized spacial score (nSPS) is 17.5. The van der Waals surface area contributed by atoms with E-state index in [1.165, 1.54) is 5.56 Å². The van der Waals surface area contributed by atoms with Crippen molar-refractivity contribution in [3.05, 3.63) is 65.7 Å². The summed E-state index contributed by atoms with van der Waals surface area (Å²) in [6.07, 6.45) is 1.81. The molecule has 1 atom stereocenters. The minimum Gasteiger partial charge on any atom is -0.312 e. The van der Waals surface area contributed by atoms with Crippen LogP contribution in [-0.4, -0.2) is 24.6 Å². The quantitative estimate of drug-likeness (QED) is 0.695. The number of hydrogen-bond acceptors (Lipinski definition) is 3. The van der Waals surface area contributed by atoms with E-state index in [-0.39, 0.29) is 24.2 Å². The number of aryl methyl sites for hydroxylation is 1. The van der Waals surface area contributed by atoms with E-state index in [1.54, 1.807) is 11.1 Å². The molecule has 1 aliphatic rings. The van der Waals surface area contributed by atoms with Crippen LogP contribution in [0.25, 0.3) is 0 Å². The highest BCUT2D eigenvalue weighted by atomic mass is 16.2. The van der Waals surface area contributed by atoms with E-state index in [0.29, 0.717) is 6.54 Å². The van der Waals surface area contributed by atoms with Crippen molar-refractivity contribution in [3.8, 4) is 0 Å². The standard InChI is InChI=1S/C19H19N3O2/c1-14-7-9-15(10-8-14)12-20-21-19(24)16-11-18(23)22(13-16)17-5-3-2-4-6-17/h2-10,12,16H,11,13H2,1H3,(H,21,24)/b20-12+. The highest BCUT2D eigenvalue weighted by Crippen LogP contribution is 2.24. The van der Waals surface area contributed by atoms with Crippen molar-refractivity contribution in [3.63, 3.8) is 0 Å². The summed E-state index contributed by atoms with van der Waals surface area (Å²) >= 11 is 0. The van der Waals surface area contributed by atoms with E-state index in [1.807, 2.05) is 61.5 Å². The number of carbonyl (C=O) groups excluding carboxylic acids is 2. The molecule has 0 saturated carbocycles. The molecular formula is C19H19N3O2. The SMILES string of the molecule is Cc1ccc(/C=N/NC(=O)C2CC(=O)N(c3ccccc3)C2)cc1. The summed E-state index contributed by atoms with van der Waals surface area (Å²) in [7, 11) is 0. The number of rotatable bonds is 4. The van der Waals surface area contributed by atoms with E-state index in [0.717, 1.165) is 11.3 Å². The summed E-state index contributed by atoms with van der Waals surface area (Å²) in [5.74, 6) is -0.651. The third kappa shape index (κ3) is 3.68. The lowest BCUT2D eigenvalue weighted by atomic mass is 10.1. The number of hydrogen-bond donors (Lipinski definition) is 1. The van der Waals surface area contributed by atoms with Crippen LogP contribution in [0.15, 0.2) is 59.7 Å². The molecule has 5 nitrogen and oxygen atoms in total. The van der Waals surface area contributed by atoms with Crippen LogP contribution in [0.1, 0.15) is 17.5 Å². The Hall–Kier alpha value is -2.95. The first kappa shape index (κ1) is 15.9. The number of amides is 2. The van der Waals surface area contributed by atoms with Crippen molar-refractivity contribution < 1.29 is 9.59 Å². The van der Waals surface area contributed by atoms with E-state index in [2.05, 4.69) is 10.5 Å². The topological polar surface area (TPSA) is 61.8 Å². The zero-order valence-corrected chi connectivity index (χ0v) is 13.5. The highest BCUT2D eigenvalue weighted by molar-refractivity contribution is 6.00. The molecule has 0 aromatic heterocycles. The Kier molecular flexibility index (Phi) is 4.70. The molecule has 1 fully saturated rings. The summed E-state index contributed by atoms with van der Waals surface area (Å²) in [5, 5.41) is 3.98. The molecule has 2 amide bonds. The van der Waals surface area contributed by atoms with Gasteiger partial charge in [0.05, 0.1) is 12.1 Å². The maximum Gasteiger partial charge on any atom is 0.245 e. The number of hydrazone groups is 1. The van der Waals surface area contributed by atoms with Gasteiger partial charge in [-0.15, -0.1) is 0 Å². The lowest BCUT2D eigenvalue weighted by Gasteiger charge is -2.16. The predicted molar refractivity (Wildman–Crippen MR) is 93.8 cm³/mol. The van der Waals surface area contributed by atoms with Gasteiger partial charge < -0.3 is 4.90 Å². The molecule has 1 heterocycles. The molecule has 122 valence electrons. The molecule has 24 heavy (non-hydrogen) atoms. The van der Waals surface area contributed by atoms with Crippen molar-refractivity contribution in [2.45, 2.75) is 13.3 Å². The Morgan fingerprint density at radius 2 is 1.88 bits per heavy atom. The fourth-order valence-corrected chi connectivity index (χ4v) is 2.65. The average Bonchev–Trinajstić information content (AvgIpc) is 2.99. The second kappa shape index (κ2) is 7.08. The van der Waals surface area contributed by atoms with Crippen LogP contribution in [0.3, 0.4) is 0 Å². The van der Waals surface area contributed by atoms with Crippen molar-refractivity contribution in [1.29, 1.82) is 0 Å². The van der Waals surface area contributed by atoms with Crippen molar-refractivity contribution in [2.24, 2.45) is 11.0 Å². The number of benzene rings is 2. The zero-order valence-electron chi connectivity index (χ0n) is 13.5. The lowest BCUT2D eigenvalue weighted by molar-refractivity contribution is -0.126. The van der Waals surface area contributed by atoms with Crippen LogP contribution in [0.4, 0.5) is 5.69 Å². The molecule has 3 rings (SSSR count). The van der Waals surface area contributed by atoms with Crippen LogP contribution in [-0.2, 0) is 9.59 Å². The lowest BCUT2D eigenvalue weighted by Crippen LogP contribution is -2.30. The van der Waals surface area contributed by atoms with Crippen molar-refractivity contribution in [2.75, 3.05) is 11.4 Å². The van der Waals surface area contributed by atoms with Crippen molar-refractivity contribution in [1.82, 2.24) is 5.43 Å². The Labute approximate surface area is 141 Å². The second-order valence-electron chi connectivity index (χ2n) is 5.89. The third-order valence-electron chi connectivity index (χ3n) is 4.03. The molecule has 1 saturated heterocycles. The minimum absolute atomic E-state index is 0.0381. The molecule has 5 heteroatoms. The van der Waals surface area contributed by atoms with Gasteiger partial charge in [0.25, 0.3) is 0 Å². The summed E-state index contributed by atoms with van der Waals surface area (Å²) in [4.78, 5) is 26.0. The van der Waals surface area contributed by atoms with Gasteiger partial charge >= 0.3 is 0 Å². The number of anilines is 1. The average molecular weight is 321 g/mol. The fourth-order valence-electron chi connectivity index (χ4n) is 2.65. The molecule has 1 N–H and O–H groups in total. The van der Waals surface area contributed by atoms with Crippen molar-refractivity contribution >= 4 is 23.7 Å². The van der Waals surface area contributed by atoms with Gasteiger partial charge in [0.2, 0.25) is 11.8 Å². The van der Waals surface area contributed by atoms with Gasteiger partial charge in [-0.3, -0.25) is 9.59 Å². The molecular weight excluding hydrogens is 302 g/mol. The maximum absolute atomic E-state index is 12.2. The monoisotopic (exact) mass is 321 g/mol. The second-order valence-corrected chi connectivity index (χ2v) is 5.89. The summed E-state index contributed by atoms with van der Waals surface area (Å²) < 4.78 is 0. The predicted octanol–water partition coefficient (Wildman–Crippen LogP) is 2.50. The first-order valence-electron chi connectivity index (χ1n) is 7.88. The van der Waals surface area contributed by atoms with Crippen LogP contribution < -0.4 is 10.3 Å². The number of nitrogens with zero attached hydrogens (tertiary/aromatic N) is 2. The zero-order chi connectivity index (χ0) is 16.9. The van der Waals surface area contributed by atoms with Gasteiger partial charge in [-0.1, -0.05) is 48.0 Å².